The Morgan fingerprint density at radius 2 is 1.67 bits per heavy atom. The van der Waals surface area contributed by atoms with E-state index in [0.29, 0.717) is 25.1 Å². The van der Waals surface area contributed by atoms with E-state index in [9.17, 15) is 9.59 Å². The van der Waals surface area contributed by atoms with Crippen LogP contribution in [0.5, 0.6) is 0 Å². The molecule has 2 atom stereocenters. The van der Waals surface area contributed by atoms with Gasteiger partial charge in [0.25, 0.3) is 5.91 Å². The average molecular weight is 581 g/mol. The van der Waals surface area contributed by atoms with Gasteiger partial charge in [-0.25, -0.2) is 4.98 Å². The van der Waals surface area contributed by atoms with Gasteiger partial charge >= 0.3 is 0 Å². The lowest BCUT2D eigenvalue weighted by Crippen LogP contribution is -2.47. The van der Waals surface area contributed by atoms with Gasteiger partial charge in [0.2, 0.25) is 5.91 Å². The van der Waals surface area contributed by atoms with Crippen molar-refractivity contribution in [2.75, 3.05) is 19.6 Å². The number of H-pyrrole nitrogens is 1. The maximum absolute atomic E-state index is 13.7. The van der Waals surface area contributed by atoms with Gasteiger partial charge in [0.1, 0.15) is 11.9 Å². The summed E-state index contributed by atoms with van der Waals surface area (Å²) in [6.07, 6.45) is 10.0. The maximum Gasteiger partial charge on any atom is 0.251 e. The minimum atomic E-state index is -0.619. The van der Waals surface area contributed by atoms with E-state index >= 15 is 0 Å². The number of nitrogens with one attached hydrogen (secondary N) is 4. The minimum Gasteiger partial charge on any atom is -0.348 e. The topological polar surface area (TPSA) is 102 Å². The second-order valence-electron chi connectivity index (χ2n) is 11.6. The van der Waals surface area contributed by atoms with E-state index in [-0.39, 0.29) is 17.9 Å². The first-order valence-corrected chi connectivity index (χ1v) is 15.7. The van der Waals surface area contributed by atoms with E-state index in [2.05, 4.69) is 55.1 Å². The predicted octanol–water partition coefficient (Wildman–Crippen LogP) is 5.48. The molecular formula is C35H44N6O2. The van der Waals surface area contributed by atoms with Crippen LogP contribution in [0, 0.1) is 0 Å². The van der Waals surface area contributed by atoms with E-state index < -0.39 is 6.04 Å². The Morgan fingerprint density at radius 1 is 0.907 bits per heavy atom. The number of benzene rings is 3. The first kappa shape index (κ1) is 30.4. The number of amides is 2. The van der Waals surface area contributed by atoms with Gasteiger partial charge in [-0.15, -0.1) is 0 Å². The number of carbonyl (C=O) groups excluding carboxylic acids is 2. The zero-order chi connectivity index (χ0) is 29.9. The molecule has 1 aliphatic heterocycles. The van der Waals surface area contributed by atoms with Gasteiger partial charge in [0.05, 0.1) is 12.6 Å². The van der Waals surface area contributed by atoms with Gasteiger partial charge in [-0.2, -0.15) is 0 Å². The molecule has 0 spiro atoms. The fourth-order valence-electron chi connectivity index (χ4n) is 5.90. The van der Waals surface area contributed by atoms with Gasteiger partial charge in [-0.05, 0) is 86.3 Å². The minimum absolute atomic E-state index is 0.150. The summed E-state index contributed by atoms with van der Waals surface area (Å²) in [5.41, 5.74) is 2.68. The fourth-order valence-corrected chi connectivity index (χ4v) is 5.90. The molecule has 3 aromatic carbocycles. The molecule has 1 unspecified atom stereocenters. The molecule has 4 aromatic rings. The molecule has 1 aliphatic rings. The second kappa shape index (κ2) is 15.5. The Hall–Kier alpha value is -4.01. The molecule has 1 saturated heterocycles. The summed E-state index contributed by atoms with van der Waals surface area (Å²) in [6, 6.07) is 21.1. The van der Waals surface area contributed by atoms with Crippen LogP contribution >= 0.6 is 0 Å². The monoisotopic (exact) mass is 580 g/mol. The molecule has 226 valence electrons. The molecule has 8 heteroatoms. The SMILES string of the molecule is CC(NC(=O)[C@H](CCCN1CCCCCC1)NC(=O)c1ccc(CNCc2ncc[nH]2)cc1)c1cccc2ccccc12. The summed E-state index contributed by atoms with van der Waals surface area (Å²) in [6.45, 7) is 6.48. The second-order valence-corrected chi connectivity index (χ2v) is 11.6. The van der Waals surface area contributed by atoms with Crippen molar-refractivity contribution in [3.8, 4) is 0 Å². The smallest absolute Gasteiger partial charge is 0.251 e. The fraction of sp³-hybridized carbons (Fsp3) is 0.400. The molecule has 0 bridgehead atoms. The third-order valence-electron chi connectivity index (χ3n) is 8.33. The number of imidazole rings is 1. The number of hydrogen-bond acceptors (Lipinski definition) is 5. The highest BCUT2D eigenvalue weighted by atomic mass is 16.2. The molecule has 8 nitrogen and oxygen atoms in total. The van der Waals surface area contributed by atoms with Crippen molar-refractivity contribution in [1.29, 1.82) is 0 Å². The highest BCUT2D eigenvalue weighted by molar-refractivity contribution is 5.97. The van der Waals surface area contributed by atoms with Crippen molar-refractivity contribution >= 4 is 22.6 Å². The highest BCUT2D eigenvalue weighted by Crippen LogP contribution is 2.24. The molecule has 2 amide bonds. The third-order valence-corrected chi connectivity index (χ3v) is 8.33. The highest BCUT2D eigenvalue weighted by Gasteiger charge is 2.24. The van der Waals surface area contributed by atoms with Crippen LogP contribution in [0.1, 0.15) is 78.8 Å². The first-order valence-electron chi connectivity index (χ1n) is 15.7. The van der Waals surface area contributed by atoms with Gasteiger partial charge in [0, 0.05) is 24.5 Å². The molecule has 43 heavy (non-hydrogen) atoms. The molecule has 1 aromatic heterocycles. The Labute approximate surface area is 254 Å². The van der Waals surface area contributed by atoms with Crippen molar-refractivity contribution in [1.82, 2.24) is 30.8 Å². The van der Waals surface area contributed by atoms with Gasteiger partial charge in [-0.3, -0.25) is 9.59 Å². The van der Waals surface area contributed by atoms with E-state index in [1.54, 1.807) is 12.4 Å². The molecule has 0 saturated carbocycles. The number of rotatable bonds is 13. The Balaban J connectivity index is 1.22. The summed E-state index contributed by atoms with van der Waals surface area (Å²) in [5, 5.41) is 11.9. The Bertz CT molecular complexity index is 1440. The lowest BCUT2D eigenvalue weighted by molar-refractivity contribution is -0.123. The van der Waals surface area contributed by atoms with Crippen molar-refractivity contribution in [3.63, 3.8) is 0 Å². The van der Waals surface area contributed by atoms with E-state index in [4.69, 9.17) is 0 Å². The Kier molecular flexibility index (Phi) is 10.9. The van der Waals surface area contributed by atoms with Crippen molar-refractivity contribution in [2.45, 2.75) is 70.6 Å². The lowest BCUT2D eigenvalue weighted by atomic mass is 9.99. The van der Waals surface area contributed by atoms with Crippen LogP contribution in [0.2, 0.25) is 0 Å². The van der Waals surface area contributed by atoms with Crippen LogP contribution < -0.4 is 16.0 Å². The summed E-state index contributed by atoms with van der Waals surface area (Å²) < 4.78 is 0. The van der Waals surface area contributed by atoms with Crippen LogP contribution in [-0.2, 0) is 17.9 Å². The third kappa shape index (κ3) is 8.75. The van der Waals surface area contributed by atoms with Gasteiger partial charge < -0.3 is 25.8 Å². The normalized spacial score (nSPS) is 15.5. The number of nitrogens with zero attached hydrogens (tertiary/aromatic N) is 2. The zero-order valence-corrected chi connectivity index (χ0v) is 25.1. The van der Waals surface area contributed by atoms with Crippen molar-refractivity contribution in [2.24, 2.45) is 0 Å². The van der Waals surface area contributed by atoms with Crippen molar-refractivity contribution < 1.29 is 9.59 Å². The van der Waals surface area contributed by atoms with Gasteiger partial charge in [0.15, 0.2) is 0 Å². The standard InChI is InChI=1S/C35H44N6O2/c1-26(30-13-8-11-28-10-4-5-12-31(28)30)39-35(43)32(14-9-23-41-21-6-2-3-7-22-41)40-34(42)29-17-15-27(16-18-29)24-36-25-33-37-19-20-38-33/h4-5,8,10-13,15-20,26,32,36H,2-3,6-7,9,14,21-25H2,1H3,(H,37,38)(H,39,43)(H,40,42)/t26?,32-/m0/s1. The van der Waals surface area contributed by atoms with E-state index in [1.807, 2.05) is 49.4 Å². The quantitative estimate of drug-likeness (QED) is 0.168. The lowest BCUT2D eigenvalue weighted by Gasteiger charge is -2.24. The maximum atomic E-state index is 13.7. The molecule has 0 radical (unpaired) electrons. The van der Waals surface area contributed by atoms with Crippen LogP contribution in [0.25, 0.3) is 10.8 Å². The molecule has 1 fully saturated rings. The predicted molar refractivity (Wildman–Crippen MR) is 171 cm³/mol. The van der Waals surface area contributed by atoms with Gasteiger partial charge in [-0.1, -0.05) is 67.4 Å². The van der Waals surface area contributed by atoms with Crippen molar-refractivity contribution in [3.05, 3.63) is 102 Å². The Morgan fingerprint density at radius 3 is 2.44 bits per heavy atom. The molecular weight excluding hydrogens is 536 g/mol. The number of carbonyl (C=O) groups is 2. The molecule has 4 N–H and O–H groups in total. The summed E-state index contributed by atoms with van der Waals surface area (Å²) in [5.74, 6) is 0.497. The van der Waals surface area contributed by atoms with Crippen LogP contribution in [0.4, 0.5) is 0 Å². The number of aromatic nitrogens is 2. The average Bonchev–Trinajstić information content (AvgIpc) is 3.42. The molecule has 0 aliphatic carbocycles. The molecule has 2 heterocycles. The van der Waals surface area contributed by atoms with E-state index in [1.165, 1.54) is 25.7 Å². The number of aromatic amines is 1. The van der Waals surface area contributed by atoms with Crippen LogP contribution in [-0.4, -0.2) is 52.4 Å². The van der Waals surface area contributed by atoms with Crippen LogP contribution in [0.3, 0.4) is 0 Å². The molecule has 5 rings (SSSR count). The number of likely N-dealkylation sites (tertiary alicyclic amines) is 1. The first-order chi connectivity index (χ1) is 21.1. The zero-order valence-electron chi connectivity index (χ0n) is 25.1. The largest absolute Gasteiger partial charge is 0.348 e. The van der Waals surface area contributed by atoms with Crippen LogP contribution in [0.15, 0.2) is 79.1 Å². The summed E-state index contributed by atoms with van der Waals surface area (Å²) in [4.78, 5) is 36.8. The summed E-state index contributed by atoms with van der Waals surface area (Å²) >= 11 is 0. The summed E-state index contributed by atoms with van der Waals surface area (Å²) in [7, 11) is 0. The number of fused-ring (bicyclic) bond motifs is 1. The van der Waals surface area contributed by atoms with E-state index in [0.717, 1.165) is 53.8 Å². The number of hydrogen-bond donors (Lipinski definition) is 4.